The molecule has 1 fully saturated rings. The fourth-order valence-electron chi connectivity index (χ4n) is 5.17. The standard InChI is InChI=1S/C28H29ClN4O2/c1-30-18-20-4-3-5-21(16-20)19-32-14-12-28(13-15-32)31-26-17-22(29)6-11-25(26)27(34)33(28)23-7-9-24(35-2)10-8-23/h3-11,16-17,31H,1,12-15,18-19H2,2H3. The number of nitrogens with zero attached hydrogens (tertiary/aromatic N) is 3. The molecule has 0 bridgehead atoms. The van der Waals surface area contributed by atoms with Crippen molar-refractivity contribution in [3.8, 4) is 5.75 Å². The van der Waals surface area contributed by atoms with E-state index in [1.807, 2.05) is 35.2 Å². The maximum Gasteiger partial charge on any atom is 0.262 e. The number of nitrogens with one attached hydrogen (secondary N) is 1. The van der Waals surface area contributed by atoms with Crippen LogP contribution in [0.4, 0.5) is 11.4 Å². The zero-order chi connectivity index (χ0) is 24.4. The number of ether oxygens (including phenoxy) is 1. The second kappa shape index (κ2) is 9.72. The first-order valence-corrected chi connectivity index (χ1v) is 12.2. The molecule has 0 aromatic heterocycles. The molecule has 0 atom stereocenters. The zero-order valence-corrected chi connectivity index (χ0v) is 20.6. The van der Waals surface area contributed by atoms with Crippen LogP contribution in [0, 0.1) is 0 Å². The van der Waals surface area contributed by atoms with Crippen LogP contribution in [0.25, 0.3) is 0 Å². The average Bonchev–Trinajstić information content (AvgIpc) is 2.86. The molecule has 2 aliphatic heterocycles. The lowest BCUT2D eigenvalue weighted by atomic mass is 9.89. The molecule has 6 nitrogen and oxygen atoms in total. The lowest BCUT2D eigenvalue weighted by Crippen LogP contribution is -2.64. The summed E-state index contributed by atoms with van der Waals surface area (Å²) in [5.41, 5.74) is 4.18. The van der Waals surface area contributed by atoms with Gasteiger partial charge in [-0.15, -0.1) is 0 Å². The third-order valence-electron chi connectivity index (χ3n) is 6.92. The van der Waals surface area contributed by atoms with E-state index in [-0.39, 0.29) is 5.91 Å². The molecular formula is C28H29ClN4O2. The van der Waals surface area contributed by atoms with Gasteiger partial charge in [0.2, 0.25) is 0 Å². The number of hydrogen-bond donors (Lipinski definition) is 1. The molecule has 35 heavy (non-hydrogen) atoms. The Labute approximate surface area is 211 Å². The third-order valence-corrected chi connectivity index (χ3v) is 7.15. The summed E-state index contributed by atoms with van der Waals surface area (Å²) in [5.74, 6) is 0.745. The van der Waals surface area contributed by atoms with E-state index in [1.54, 1.807) is 19.2 Å². The number of halogens is 1. The third kappa shape index (κ3) is 4.64. The fourth-order valence-corrected chi connectivity index (χ4v) is 5.34. The van der Waals surface area contributed by atoms with Gasteiger partial charge < -0.3 is 10.1 Å². The average molecular weight is 489 g/mol. The molecule has 0 radical (unpaired) electrons. The van der Waals surface area contributed by atoms with Crippen molar-refractivity contribution in [3.63, 3.8) is 0 Å². The maximum atomic E-state index is 13.8. The SMILES string of the molecule is C=NCc1cccc(CN2CCC3(CC2)Nc2cc(Cl)ccc2C(=O)N3c2ccc(OC)cc2)c1. The Kier molecular flexibility index (Phi) is 6.50. The van der Waals surface area contributed by atoms with Gasteiger partial charge in [-0.2, -0.15) is 0 Å². The number of aliphatic imine (C=N–C) groups is 1. The van der Waals surface area contributed by atoms with Crippen LogP contribution in [0.5, 0.6) is 5.75 Å². The predicted octanol–water partition coefficient (Wildman–Crippen LogP) is 5.61. The highest BCUT2D eigenvalue weighted by Crippen LogP contribution is 2.42. The summed E-state index contributed by atoms with van der Waals surface area (Å²) >= 11 is 6.29. The molecular weight excluding hydrogens is 460 g/mol. The number of piperidine rings is 1. The van der Waals surface area contributed by atoms with E-state index in [0.717, 1.165) is 49.6 Å². The first kappa shape index (κ1) is 23.4. The summed E-state index contributed by atoms with van der Waals surface area (Å²) in [5, 5.41) is 4.33. The summed E-state index contributed by atoms with van der Waals surface area (Å²) in [6.45, 7) is 6.80. The Morgan fingerprint density at radius 3 is 2.51 bits per heavy atom. The zero-order valence-electron chi connectivity index (χ0n) is 19.8. The number of carbonyl (C=O) groups is 1. The molecule has 2 heterocycles. The highest BCUT2D eigenvalue weighted by molar-refractivity contribution is 6.31. The van der Waals surface area contributed by atoms with Gasteiger partial charge in [-0.1, -0.05) is 35.9 Å². The molecule has 3 aromatic carbocycles. The summed E-state index contributed by atoms with van der Waals surface area (Å²) < 4.78 is 5.33. The van der Waals surface area contributed by atoms with E-state index in [2.05, 4.69) is 46.2 Å². The molecule has 0 saturated carbocycles. The van der Waals surface area contributed by atoms with Gasteiger partial charge in [-0.3, -0.25) is 19.6 Å². The Morgan fingerprint density at radius 1 is 1.06 bits per heavy atom. The normalized spacial score (nSPS) is 17.1. The van der Waals surface area contributed by atoms with Gasteiger partial charge in [0.1, 0.15) is 11.4 Å². The quantitative estimate of drug-likeness (QED) is 0.458. The smallest absolute Gasteiger partial charge is 0.262 e. The van der Waals surface area contributed by atoms with Gasteiger partial charge in [0, 0.05) is 43.2 Å². The van der Waals surface area contributed by atoms with E-state index in [4.69, 9.17) is 16.3 Å². The molecule has 1 N–H and O–H groups in total. The number of fused-ring (bicyclic) bond motifs is 1. The number of methoxy groups -OCH3 is 1. The Balaban J connectivity index is 1.42. The van der Waals surface area contributed by atoms with Crippen molar-refractivity contribution >= 4 is 35.6 Å². The van der Waals surface area contributed by atoms with Gasteiger partial charge in [-0.05, 0) is 60.3 Å². The molecule has 5 rings (SSSR count). The van der Waals surface area contributed by atoms with Gasteiger partial charge >= 0.3 is 0 Å². The van der Waals surface area contributed by atoms with Crippen molar-refractivity contribution in [1.29, 1.82) is 0 Å². The van der Waals surface area contributed by atoms with Crippen LogP contribution in [0.3, 0.4) is 0 Å². The largest absolute Gasteiger partial charge is 0.497 e. The van der Waals surface area contributed by atoms with Gasteiger partial charge in [-0.25, -0.2) is 0 Å². The van der Waals surface area contributed by atoms with Gasteiger partial charge in [0.25, 0.3) is 5.91 Å². The summed E-state index contributed by atoms with van der Waals surface area (Å²) in [6.07, 6.45) is 1.56. The molecule has 1 spiro atoms. The van der Waals surface area contributed by atoms with E-state index >= 15 is 0 Å². The molecule has 0 aliphatic carbocycles. The van der Waals surface area contributed by atoms with Crippen LogP contribution >= 0.6 is 11.6 Å². The lowest BCUT2D eigenvalue weighted by molar-refractivity contribution is 0.0904. The topological polar surface area (TPSA) is 57.2 Å². The Hall–Kier alpha value is -3.35. The van der Waals surface area contributed by atoms with Crippen molar-refractivity contribution in [2.45, 2.75) is 31.6 Å². The van der Waals surface area contributed by atoms with Crippen LogP contribution < -0.4 is 15.0 Å². The van der Waals surface area contributed by atoms with Crippen molar-refractivity contribution in [2.24, 2.45) is 4.99 Å². The van der Waals surface area contributed by atoms with Crippen LogP contribution in [-0.2, 0) is 13.1 Å². The van der Waals surface area contributed by atoms with Crippen LogP contribution in [0.1, 0.15) is 34.3 Å². The minimum Gasteiger partial charge on any atom is -0.497 e. The van der Waals surface area contributed by atoms with Gasteiger partial charge in [0.15, 0.2) is 0 Å². The number of anilines is 2. The lowest BCUT2D eigenvalue weighted by Gasteiger charge is -2.52. The molecule has 2 aliphatic rings. The Morgan fingerprint density at radius 2 is 1.80 bits per heavy atom. The van der Waals surface area contributed by atoms with Gasteiger partial charge in [0.05, 0.1) is 24.9 Å². The monoisotopic (exact) mass is 488 g/mol. The van der Waals surface area contributed by atoms with Crippen molar-refractivity contribution in [3.05, 3.63) is 88.4 Å². The van der Waals surface area contributed by atoms with Crippen molar-refractivity contribution < 1.29 is 9.53 Å². The minimum absolute atomic E-state index is 0.0151. The van der Waals surface area contributed by atoms with Crippen LogP contribution in [-0.4, -0.2) is 43.4 Å². The molecule has 7 heteroatoms. The first-order valence-electron chi connectivity index (χ1n) is 11.8. The number of likely N-dealkylation sites (tertiary alicyclic amines) is 1. The summed E-state index contributed by atoms with van der Waals surface area (Å²) in [6, 6.07) is 21.6. The fraction of sp³-hybridized carbons (Fsp3) is 0.286. The second-order valence-corrected chi connectivity index (χ2v) is 9.60. The second-order valence-electron chi connectivity index (χ2n) is 9.16. The van der Waals surface area contributed by atoms with E-state index in [1.165, 1.54) is 11.1 Å². The van der Waals surface area contributed by atoms with Crippen molar-refractivity contribution in [2.75, 3.05) is 30.4 Å². The molecule has 3 aromatic rings. The van der Waals surface area contributed by atoms with E-state index in [9.17, 15) is 4.79 Å². The number of carbonyl (C=O) groups excluding carboxylic acids is 1. The Bertz CT molecular complexity index is 1240. The van der Waals surface area contributed by atoms with E-state index in [0.29, 0.717) is 17.1 Å². The minimum atomic E-state index is -0.533. The van der Waals surface area contributed by atoms with E-state index < -0.39 is 5.66 Å². The molecule has 1 saturated heterocycles. The number of benzene rings is 3. The highest BCUT2D eigenvalue weighted by Gasteiger charge is 2.47. The summed E-state index contributed by atoms with van der Waals surface area (Å²) in [4.78, 5) is 22.2. The number of rotatable bonds is 6. The van der Waals surface area contributed by atoms with Crippen LogP contribution in [0.2, 0.25) is 5.02 Å². The number of hydrogen-bond acceptors (Lipinski definition) is 5. The predicted molar refractivity (Wildman–Crippen MR) is 142 cm³/mol. The molecule has 180 valence electrons. The maximum absolute atomic E-state index is 13.8. The molecule has 1 amide bonds. The first-order chi connectivity index (χ1) is 17.0. The van der Waals surface area contributed by atoms with Crippen LogP contribution in [0.15, 0.2) is 71.7 Å². The van der Waals surface area contributed by atoms with Crippen molar-refractivity contribution in [1.82, 2.24) is 4.90 Å². The molecule has 0 unspecified atom stereocenters. The summed E-state index contributed by atoms with van der Waals surface area (Å²) in [7, 11) is 1.64. The number of amides is 1. The highest BCUT2D eigenvalue weighted by atomic mass is 35.5.